The van der Waals surface area contributed by atoms with E-state index in [1.807, 2.05) is 0 Å². The lowest BCUT2D eigenvalue weighted by Crippen LogP contribution is -2.33. The predicted octanol–water partition coefficient (Wildman–Crippen LogP) is 3.00. The van der Waals surface area contributed by atoms with Gasteiger partial charge < -0.3 is 15.6 Å². The van der Waals surface area contributed by atoms with Gasteiger partial charge in [-0.3, -0.25) is 4.99 Å². The van der Waals surface area contributed by atoms with E-state index in [0.29, 0.717) is 17.9 Å². The molecule has 0 unspecified atom stereocenters. The Balaban J connectivity index is 1.81. The van der Waals surface area contributed by atoms with Gasteiger partial charge in [0.05, 0.1) is 0 Å². The minimum Gasteiger partial charge on any atom is -0.370 e. The highest BCUT2D eigenvalue weighted by Crippen LogP contribution is 2.33. The zero-order valence-electron chi connectivity index (χ0n) is 15.3. The summed E-state index contributed by atoms with van der Waals surface area (Å²) in [6, 6.07) is 0.587. The smallest absolute Gasteiger partial charge is 0.191 e. The summed E-state index contributed by atoms with van der Waals surface area (Å²) >= 11 is 1.69. The van der Waals surface area contributed by atoms with Crippen LogP contribution in [-0.2, 0) is 6.42 Å². The van der Waals surface area contributed by atoms with Crippen molar-refractivity contribution in [2.45, 2.75) is 70.0 Å². The third-order valence-electron chi connectivity index (χ3n) is 4.48. The van der Waals surface area contributed by atoms with Gasteiger partial charge in [-0.05, 0) is 37.9 Å². The van der Waals surface area contributed by atoms with Gasteiger partial charge in [0.15, 0.2) is 11.1 Å². The molecule has 2 rings (SSSR count). The number of aryl methyl sites for hydroxylation is 1. The molecule has 136 valence electrons. The lowest BCUT2D eigenvalue weighted by atomic mass is 10.1. The topological polar surface area (TPSA) is 81.1 Å². The number of thioether (sulfide) groups is 1. The molecule has 0 aliphatic heterocycles. The summed E-state index contributed by atoms with van der Waals surface area (Å²) in [6.45, 7) is 6.03. The fraction of sp³-hybridized carbons (Fsp3) is 0.824. The Morgan fingerprint density at radius 2 is 2.12 bits per heavy atom. The minimum absolute atomic E-state index is 0.553. The lowest BCUT2D eigenvalue weighted by molar-refractivity contribution is 0.461. The van der Waals surface area contributed by atoms with Crippen LogP contribution in [0.25, 0.3) is 0 Å². The van der Waals surface area contributed by atoms with Crippen molar-refractivity contribution in [3.63, 3.8) is 0 Å². The highest BCUT2D eigenvalue weighted by atomic mass is 32.2. The molecule has 1 aromatic heterocycles. The Kier molecular flexibility index (Phi) is 7.88. The summed E-state index contributed by atoms with van der Waals surface area (Å²) < 4.78 is 2.37. The molecule has 0 radical (unpaired) electrons. The van der Waals surface area contributed by atoms with Crippen LogP contribution in [0.15, 0.2) is 10.1 Å². The van der Waals surface area contributed by atoms with Gasteiger partial charge >= 0.3 is 0 Å². The molecule has 1 aliphatic carbocycles. The Morgan fingerprint density at radius 1 is 1.38 bits per heavy atom. The number of guanidine groups is 1. The third kappa shape index (κ3) is 5.69. The van der Waals surface area contributed by atoms with Crippen LogP contribution in [0.4, 0.5) is 0 Å². The monoisotopic (exact) mass is 352 g/mol. The molecule has 1 saturated carbocycles. The highest BCUT2D eigenvalue weighted by molar-refractivity contribution is 7.98. The number of hydrogen-bond acceptors (Lipinski definition) is 4. The maximum Gasteiger partial charge on any atom is 0.191 e. The number of nitrogens with zero attached hydrogens (tertiary/aromatic N) is 4. The van der Waals surface area contributed by atoms with Gasteiger partial charge in [0, 0.05) is 25.6 Å². The molecule has 0 spiro atoms. The molecule has 0 aromatic carbocycles. The molecule has 1 heterocycles. The van der Waals surface area contributed by atoms with Gasteiger partial charge in [0.1, 0.15) is 5.82 Å². The summed E-state index contributed by atoms with van der Waals surface area (Å²) in [5.41, 5.74) is 5.90. The Bertz CT molecular complexity index is 519. The van der Waals surface area contributed by atoms with Crippen molar-refractivity contribution in [3.05, 3.63) is 5.82 Å². The quantitative estimate of drug-likeness (QED) is 0.309. The largest absolute Gasteiger partial charge is 0.370 e. The summed E-state index contributed by atoms with van der Waals surface area (Å²) in [7, 11) is 0. The molecule has 3 N–H and O–H groups in total. The first kappa shape index (κ1) is 19.1. The van der Waals surface area contributed by atoms with Crippen molar-refractivity contribution in [2.24, 2.45) is 16.6 Å². The van der Waals surface area contributed by atoms with Crippen molar-refractivity contribution in [2.75, 3.05) is 19.3 Å². The normalized spacial score (nSPS) is 16.2. The van der Waals surface area contributed by atoms with Crippen LogP contribution >= 0.6 is 11.8 Å². The van der Waals surface area contributed by atoms with Gasteiger partial charge in [0.25, 0.3) is 0 Å². The first-order valence-electron chi connectivity index (χ1n) is 9.13. The molecule has 0 amide bonds. The SMILES string of the molecule is CSc1nnc(CCCN=C(N)NCCC(C)C)n1C1CCCC1. The summed E-state index contributed by atoms with van der Waals surface area (Å²) in [4.78, 5) is 4.41. The van der Waals surface area contributed by atoms with Crippen LogP contribution in [0, 0.1) is 5.92 Å². The molecular formula is C17H32N6S. The van der Waals surface area contributed by atoms with Gasteiger partial charge in [0.2, 0.25) is 0 Å². The summed E-state index contributed by atoms with van der Waals surface area (Å²) in [5.74, 6) is 2.34. The lowest BCUT2D eigenvalue weighted by Gasteiger charge is -2.16. The van der Waals surface area contributed by atoms with Gasteiger partial charge in [-0.1, -0.05) is 38.5 Å². The number of hydrogen-bond donors (Lipinski definition) is 2. The van der Waals surface area contributed by atoms with E-state index in [9.17, 15) is 0 Å². The summed E-state index contributed by atoms with van der Waals surface area (Å²) in [6.07, 6.45) is 10.2. The van der Waals surface area contributed by atoms with Gasteiger partial charge in [-0.2, -0.15) is 0 Å². The molecule has 1 aromatic rings. The van der Waals surface area contributed by atoms with E-state index in [1.54, 1.807) is 11.8 Å². The van der Waals surface area contributed by atoms with Crippen molar-refractivity contribution in [1.82, 2.24) is 20.1 Å². The molecule has 0 bridgehead atoms. The van der Waals surface area contributed by atoms with Gasteiger partial charge in [-0.15, -0.1) is 10.2 Å². The minimum atomic E-state index is 0.553. The molecule has 1 aliphatic rings. The third-order valence-corrected chi connectivity index (χ3v) is 5.12. The van der Waals surface area contributed by atoms with Crippen LogP contribution < -0.4 is 11.1 Å². The number of rotatable bonds is 9. The van der Waals surface area contributed by atoms with Crippen LogP contribution in [0.1, 0.15) is 64.2 Å². The Morgan fingerprint density at radius 3 is 2.79 bits per heavy atom. The molecular weight excluding hydrogens is 320 g/mol. The number of aliphatic imine (C=N–C) groups is 1. The zero-order chi connectivity index (χ0) is 17.4. The Labute approximate surface area is 150 Å². The molecule has 24 heavy (non-hydrogen) atoms. The van der Waals surface area contributed by atoms with Crippen LogP contribution in [0.3, 0.4) is 0 Å². The van der Waals surface area contributed by atoms with E-state index in [2.05, 4.69) is 45.2 Å². The van der Waals surface area contributed by atoms with E-state index in [-0.39, 0.29) is 0 Å². The van der Waals surface area contributed by atoms with E-state index < -0.39 is 0 Å². The number of aromatic nitrogens is 3. The maximum absolute atomic E-state index is 5.90. The van der Waals surface area contributed by atoms with Crippen LogP contribution in [0.2, 0.25) is 0 Å². The average molecular weight is 353 g/mol. The first-order valence-corrected chi connectivity index (χ1v) is 10.4. The van der Waals surface area contributed by atoms with E-state index >= 15 is 0 Å². The summed E-state index contributed by atoms with van der Waals surface area (Å²) in [5, 5.41) is 13.0. The van der Waals surface area contributed by atoms with E-state index in [0.717, 1.165) is 43.3 Å². The maximum atomic E-state index is 5.90. The van der Waals surface area contributed by atoms with Gasteiger partial charge in [-0.25, -0.2) is 0 Å². The van der Waals surface area contributed by atoms with Crippen LogP contribution in [-0.4, -0.2) is 40.1 Å². The highest BCUT2D eigenvalue weighted by Gasteiger charge is 2.23. The van der Waals surface area contributed by atoms with Crippen LogP contribution in [0.5, 0.6) is 0 Å². The van der Waals surface area contributed by atoms with Crippen molar-refractivity contribution in [3.8, 4) is 0 Å². The molecule has 6 nitrogen and oxygen atoms in total. The molecule has 7 heteroatoms. The second kappa shape index (κ2) is 9.91. The molecule has 0 saturated heterocycles. The number of nitrogens with two attached hydrogens (primary N) is 1. The fourth-order valence-electron chi connectivity index (χ4n) is 3.13. The van der Waals surface area contributed by atoms with Crippen molar-refractivity contribution >= 4 is 17.7 Å². The standard InChI is InChI=1S/C17H32N6S/c1-13(2)10-12-20-16(18)19-11-6-9-15-21-22-17(24-3)23(15)14-7-4-5-8-14/h13-14H,4-12H2,1-3H3,(H3,18,19,20). The van der Waals surface area contributed by atoms with E-state index in [1.165, 1.54) is 25.7 Å². The predicted molar refractivity (Wildman–Crippen MR) is 102 cm³/mol. The van der Waals surface area contributed by atoms with Crippen molar-refractivity contribution in [1.29, 1.82) is 0 Å². The average Bonchev–Trinajstić information content (AvgIpc) is 3.19. The Hall–Kier alpha value is -1.24. The molecule has 1 fully saturated rings. The number of nitrogens with one attached hydrogen (secondary N) is 1. The van der Waals surface area contributed by atoms with E-state index in [4.69, 9.17) is 5.73 Å². The fourth-order valence-corrected chi connectivity index (χ4v) is 3.70. The second-order valence-corrected chi connectivity index (χ2v) is 7.66. The first-order chi connectivity index (χ1) is 11.6. The zero-order valence-corrected chi connectivity index (χ0v) is 16.1. The van der Waals surface area contributed by atoms with Crippen molar-refractivity contribution < 1.29 is 0 Å². The molecule has 0 atom stereocenters. The second-order valence-electron chi connectivity index (χ2n) is 6.89.